The highest BCUT2D eigenvalue weighted by molar-refractivity contribution is 5.77. The van der Waals surface area contributed by atoms with Crippen molar-refractivity contribution in [1.29, 1.82) is 0 Å². The molecule has 1 aliphatic rings. The molecular formula is C16H23NO2. The molecular weight excluding hydrogens is 238 g/mol. The van der Waals surface area contributed by atoms with Crippen molar-refractivity contribution in [2.75, 3.05) is 6.61 Å². The van der Waals surface area contributed by atoms with E-state index in [1.54, 1.807) is 0 Å². The molecule has 0 heterocycles. The summed E-state index contributed by atoms with van der Waals surface area (Å²) in [6, 6.07) is 8.05. The summed E-state index contributed by atoms with van der Waals surface area (Å²) in [7, 11) is 0. The number of hydrogen-bond acceptors (Lipinski definition) is 2. The van der Waals surface area contributed by atoms with Crippen molar-refractivity contribution in [3.63, 3.8) is 0 Å². The van der Waals surface area contributed by atoms with E-state index in [9.17, 15) is 4.79 Å². The predicted octanol–water partition coefficient (Wildman–Crippen LogP) is 3.07. The van der Waals surface area contributed by atoms with Crippen molar-refractivity contribution >= 4 is 5.91 Å². The van der Waals surface area contributed by atoms with Crippen LogP contribution in [0.5, 0.6) is 5.75 Å². The third-order valence-corrected chi connectivity index (χ3v) is 3.72. The fourth-order valence-corrected chi connectivity index (χ4v) is 2.61. The zero-order valence-electron chi connectivity index (χ0n) is 12.0. The molecule has 0 aromatic heterocycles. The third kappa shape index (κ3) is 4.27. The molecule has 104 valence electrons. The highest BCUT2D eigenvalue weighted by Gasteiger charge is 2.31. The summed E-state index contributed by atoms with van der Waals surface area (Å²) in [4.78, 5) is 11.8. The lowest BCUT2D eigenvalue weighted by Gasteiger charge is -2.18. The second kappa shape index (κ2) is 5.64. The Bertz CT molecular complexity index is 437. The predicted molar refractivity (Wildman–Crippen MR) is 76.2 cm³/mol. The maximum Gasteiger partial charge on any atom is 0.258 e. The molecule has 1 N–H and O–H groups in total. The quantitative estimate of drug-likeness (QED) is 0.904. The van der Waals surface area contributed by atoms with Gasteiger partial charge in [0.05, 0.1) is 0 Å². The average Bonchev–Trinajstić information content (AvgIpc) is 2.68. The first kappa shape index (κ1) is 13.9. The standard InChI is InChI=1S/C16H23NO2/c1-12-4-6-14(7-5-12)19-11-15(18)17-13-8-9-16(2,3)10-13/h4-7,13H,8-11H2,1-3H3,(H,17,18). The zero-order chi connectivity index (χ0) is 13.9. The molecule has 19 heavy (non-hydrogen) atoms. The van der Waals surface area contributed by atoms with Gasteiger partial charge < -0.3 is 10.1 Å². The number of carbonyl (C=O) groups excluding carboxylic acids is 1. The molecule has 2 rings (SSSR count). The largest absolute Gasteiger partial charge is 0.484 e. The van der Waals surface area contributed by atoms with E-state index in [0.717, 1.165) is 18.6 Å². The van der Waals surface area contributed by atoms with E-state index in [1.807, 2.05) is 31.2 Å². The van der Waals surface area contributed by atoms with Gasteiger partial charge >= 0.3 is 0 Å². The highest BCUT2D eigenvalue weighted by atomic mass is 16.5. The van der Waals surface area contributed by atoms with Gasteiger partial charge in [0.2, 0.25) is 0 Å². The number of ether oxygens (including phenoxy) is 1. The molecule has 1 saturated carbocycles. The number of hydrogen-bond donors (Lipinski definition) is 1. The minimum Gasteiger partial charge on any atom is -0.484 e. The lowest BCUT2D eigenvalue weighted by molar-refractivity contribution is -0.123. The molecule has 3 nitrogen and oxygen atoms in total. The number of aryl methyl sites for hydroxylation is 1. The second-order valence-corrected chi connectivity index (χ2v) is 6.27. The molecule has 0 saturated heterocycles. The Balaban J connectivity index is 1.74. The number of nitrogens with one attached hydrogen (secondary N) is 1. The summed E-state index contributed by atoms with van der Waals surface area (Å²) >= 11 is 0. The van der Waals surface area contributed by atoms with Crippen LogP contribution in [0.15, 0.2) is 24.3 Å². The number of benzene rings is 1. The molecule has 0 bridgehead atoms. The van der Waals surface area contributed by atoms with Gasteiger partial charge in [-0.1, -0.05) is 31.5 Å². The molecule has 1 aliphatic carbocycles. The Morgan fingerprint density at radius 2 is 2.05 bits per heavy atom. The molecule has 1 fully saturated rings. The summed E-state index contributed by atoms with van der Waals surface area (Å²) in [5.74, 6) is 0.718. The summed E-state index contributed by atoms with van der Waals surface area (Å²) in [5, 5.41) is 3.05. The Hall–Kier alpha value is -1.51. The fourth-order valence-electron chi connectivity index (χ4n) is 2.61. The van der Waals surface area contributed by atoms with E-state index in [1.165, 1.54) is 12.0 Å². The lowest BCUT2D eigenvalue weighted by Crippen LogP contribution is -2.36. The number of amides is 1. The monoisotopic (exact) mass is 261 g/mol. The Kier molecular flexibility index (Phi) is 4.13. The number of rotatable bonds is 4. The molecule has 1 aromatic rings. The van der Waals surface area contributed by atoms with E-state index in [-0.39, 0.29) is 12.5 Å². The second-order valence-electron chi connectivity index (χ2n) is 6.27. The normalized spacial score (nSPS) is 21.1. The smallest absolute Gasteiger partial charge is 0.258 e. The molecule has 1 atom stereocenters. The molecule has 1 amide bonds. The van der Waals surface area contributed by atoms with Crippen LogP contribution in [-0.2, 0) is 4.79 Å². The van der Waals surface area contributed by atoms with Crippen LogP contribution in [0.3, 0.4) is 0 Å². The van der Waals surface area contributed by atoms with Crippen molar-refractivity contribution in [3.8, 4) is 5.75 Å². The summed E-state index contributed by atoms with van der Waals surface area (Å²) in [5.41, 5.74) is 1.54. The van der Waals surface area contributed by atoms with Crippen LogP contribution in [0.25, 0.3) is 0 Å². The van der Waals surface area contributed by atoms with E-state index < -0.39 is 0 Å². The molecule has 1 aromatic carbocycles. The SMILES string of the molecule is Cc1ccc(OCC(=O)NC2CCC(C)(C)C2)cc1. The fraction of sp³-hybridized carbons (Fsp3) is 0.562. The molecule has 0 radical (unpaired) electrons. The first-order chi connectivity index (χ1) is 8.94. The van der Waals surface area contributed by atoms with Crippen LogP contribution in [-0.4, -0.2) is 18.6 Å². The minimum absolute atomic E-state index is 0.0247. The van der Waals surface area contributed by atoms with Gasteiger partial charge in [-0.3, -0.25) is 4.79 Å². The van der Waals surface area contributed by atoms with Crippen molar-refractivity contribution in [3.05, 3.63) is 29.8 Å². The zero-order valence-corrected chi connectivity index (χ0v) is 12.0. The van der Waals surface area contributed by atoms with E-state index >= 15 is 0 Å². The lowest BCUT2D eigenvalue weighted by atomic mass is 9.92. The van der Waals surface area contributed by atoms with Crippen LogP contribution >= 0.6 is 0 Å². The van der Waals surface area contributed by atoms with Crippen molar-refractivity contribution in [2.45, 2.75) is 46.1 Å². The van der Waals surface area contributed by atoms with Crippen LogP contribution in [0.1, 0.15) is 38.7 Å². The van der Waals surface area contributed by atoms with Gasteiger partial charge in [-0.25, -0.2) is 0 Å². The van der Waals surface area contributed by atoms with Crippen molar-refractivity contribution < 1.29 is 9.53 Å². The van der Waals surface area contributed by atoms with Gasteiger partial charge in [-0.05, 0) is 43.7 Å². The molecule has 1 unspecified atom stereocenters. The molecule has 0 spiro atoms. The number of carbonyl (C=O) groups is 1. The Labute approximate surface area is 115 Å². The highest BCUT2D eigenvalue weighted by Crippen LogP contribution is 2.36. The van der Waals surface area contributed by atoms with Crippen LogP contribution in [0, 0.1) is 12.3 Å². The van der Waals surface area contributed by atoms with Gasteiger partial charge in [0.25, 0.3) is 5.91 Å². The van der Waals surface area contributed by atoms with E-state index in [4.69, 9.17) is 4.74 Å². The van der Waals surface area contributed by atoms with Gasteiger partial charge in [-0.2, -0.15) is 0 Å². The first-order valence-electron chi connectivity index (χ1n) is 6.93. The summed E-state index contributed by atoms with van der Waals surface area (Å²) in [6.07, 6.45) is 3.31. The van der Waals surface area contributed by atoms with Crippen LogP contribution in [0.4, 0.5) is 0 Å². The minimum atomic E-state index is -0.0247. The maximum atomic E-state index is 11.8. The Morgan fingerprint density at radius 3 is 2.63 bits per heavy atom. The van der Waals surface area contributed by atoms with Crippen LogP contribution < -0.4 is 10.1 Å². The van der Waals surface area contributed by atoms with Gasteiger partial charge in [0.1, 0.15) is 5.75 Å². The third-order valence-electron chi connectivity index (χ3n) is 3.72. The van der Waals surface area contributed by atoms with Gasteiger partial charge in [-0.15, -0.1) is 0 Å². The van der Waals surface area contributed by atoms with Crippen molar-refractivity contribution in [2.24, 2.45) is 5.41 Å². The summed E-state index contributed by atoms with van der Waals surface area (Å²) < 4.78 is 5.47. The van der Waals surface area contributed by atoms with Crippen molar-refractivity contribution in [1.82, 2.24) is 5.32 Å². The summed E-state index contributed by atoms with van der Waals surface area (Å²) in [6.45, 7) is 6.63. The van der Waals surface area contributed by atoms with Crippen LogP contribution in [0.2, 0.25) is 0 Å². The molecule has 0 aliphatic heterocycles. The van der Waals surface area contributed by atoms with E-state index in [0.29, 0.717) is 11.5 Å². The molecule has 3 heteroatoms. The van der Waals surface area contributed by atoms with E-state index in [2.05, 4.69) is 19.2 Å². The van der Waals surface area contributed by atoms with Gasteiger partial charge in [0.15, 0.2) is 6.61 Å². The maximum absolute atomic E-state index is 11.8. The first-order valence-corrected chi connectivity index (χ1v) is 6.93. The van der Waals surface area contributed by atoms with Gasteiger partial charge in [0, 0.05) is 6.04 Å². The average molecular weight is 261 g/mol. The Morgan fingerprint density at radius 1 is 1.37 bits per heavy atom. The topological polar surface area (TPSA) is 38.3 Å².